The molecular formula is C25H20FN3O3S. The van der Waals surface area contributed by atoms with Gasteiger partial charge in [0.1, 0.15) is 5.82 Å². The van der Waals surface area contributed by atoms with E-state index in [0.717, 1.165) is 17.3 Å². The number of Topliss-reactive ketones (excluding diaryl/α,β-unsaturated/α-hetero) is 1. The second-order valence-electron chi connectivity index (χ2n) is 7.37. The Kier molecular flexibility index (Phi) is 6.65. The van der Waals surface area contributed by atoms with E-state index in [0.29, 0.717) is 27.3 Å². The number of nitrogens with zero attached hydrogens (tertiary/aromatic N) is 2. The predicted molar refractivity (Wildman–Crippen MR) is 127 cm³/mol. The predicted octanol–water partition coefficient (Wildman–Crippen LogP) is 4.52. The molecule has 6 nitrogen and oxygen atoms in total. The van der Waals surface area contributed by atoms with E-state index in [1.54, 1.807) is 60.7 Å². The van der Waals surface area contributed by atoms with Crippen LogP contribution in [0.3, 0.4) is 0 Å². The van der Waals surface area contributed by atoms with Crippen molar-refractivity contribution in [3.8, 4) is 0 Å². The van der Waals surface area contributed by atoms with Crippen molar-refractivity contribution in [2.45, 2.75) is 18.6 Å². The molecule has 0 radical (unpaired) electrons. The van der Waals surface area contributed by atoms with Gasteiger partial charge in [-0.15, -0.1) is 0 Å². The third-order valence-electron chi connectivity index (χ3n) is 4.99. The number of fused-ring (bicyclic) bond motifs is 1. The molecule has 0 aliphatic carbocycles. The van der Waals surface area contributed by atoms with Gasteiger partial charge in [0.15, 0.2) is 10.9 Å². The van der Waals surface area contributed by atoms with Crippen LogP contribution in [0.5, 0.6) is 0 Å². The van der Waals surface area contributed by atoms with Gasteiger partial charge in [-0.05, 0) is 48.9 Å². The number of thioether (sulfide) groups is 1. The van der Waals surface area contributed by atoms with Crippen molar-refractivity contribution in [1.82, 2.24) is 9.55 Å². The van der Waals surface area contributed by atoms with Gasteiger partial charge in [0.05, 0.1) is 28.9 Å². The summed E-state index contributed by atoms with van der Waals surface area (Å²) in [5, 5.41) is 3.59. The first kappa shape index (κ1) is 22.4. The van der Waals surface area contributed by atoms with Crippen molar-refractivity contribution in [2.24, 2.45) is 0 Å². The van der Waals surface area contributed by atoms with E-state index in [9.17, 15) is 18.8 Å². The number of carbonyl (C=O) groups excluding carboxylic acids is 2. The molecule has 0 aliphatic rings. The lowest BCUT2D eigenvalue weighted by Gasteiger charge is -2.14. The van der Waals surface area contributed by atoms with Gasteiger partial charge in [-0.2, -0.15) is 0 Å². The van der Waals surface area contributed by atoms with Gasteiger partial charge in [-0.3, -0.25) is 19.0 Å². The Bertz CT molecular complexity index is 1400. The van der Waals surface area contributed by atoms with Crippen LogP contribution in [0, 0.1) is 5.82 Å². The smallest absolute Gasteiger partial charge is 0.262 e. The Hall–Kier alpha value is -3.78. The van der Waals surface area contributed by atoms with E-state index in [-0.39, 0.29) is 35.4 Å². The molecule has 4 rings (SSSR count). The average Bonchev–Trinajstić information content (AvgIpc) is 2.81. The quantitative estimate of drug-likeness (QED) is 0.249. The van der Waals surface area contributed by atoms with Crippen molar-refractivity contribution in [2.75, 3.05) is 11.1 Å². The molecule has 0 aliphatic heterocycles. The zero-order valence-electron chi connectivity index (χ0n) is 17.7. The summed E-state index contributed by atoms with van der Waals surface area (Å²) in [6.45, 7) is 1.63. The van der Waals surface area contributed by atoms with Crippen molar-refractivity contribution in [3.63, 3.8) is 0 Å². The standard InChI is InChI=1S/C25H20FN3O3S/c1-16(30)19-6-2-4-8-21(19)27-23(31)15-33-25-28-22-9-5-3-7-20(22)24(32)29(25)14-17-10-12-18(26)13-11-17/h2-13H,14-15H2,1H3,(H,27,31). The maximum Gasteiger partial charge on any atom is 0.262 e. The monoisotopic (exact) mass is 461 g/mol. The number of carbonyl (C=O) groups is 2. The maximum atomic E-state index is 13.3. The molecule has 166 valence electrons. The second kappa shape index (κ2) is 9.79. The highest BCUT2D eigenvalue weighted by atomic mass is 32.2. The number of ketones is 1. The average molecular weight is 462 g/mol. The van der Waals surface area contributed by atoms with Crippen molar-refractivity contribution < 1.29 is 14.0 Å². The molecule has 0 saturated heterocycles. The molecule has 8 heteroatoms. The topological polar surface area (TPSA) is 81.1 Å². The molecule has 1 aromatic heterocycles. The van der Waals surface area contributed by atoms with Gasteiger partial charge in [0, 0.05) is 5.56 Å². The van der Waals surface area contributed by atoms with Gasteiger partial charge in [-0.25, -0.2) is 9.37 Å². The first-order valence-corrected chi connectivity index (χ1v) is 11.2. The largest absolute Gasteiger partial charge is 0.325 e. The first-order valence-electron chi connectivity index (χ1n) is 10.2. The number of rotatable bonds is 7. The molecule has 0 bridgehead atoms. The molecule has 0 saturated carbocycles. The zero-order valence-corrected chi connectivity index (χ0v) is 18.6. The fraction of sp³-hybridized carbons (Fsp3) is 0.120. The van der Waals surface area contributed by atoms with Crippen LogP contribution in [0.15, 0.2) is 82.7 Å². The zero-order chi connectivity index (χ0) is 23.4. The number of halogens is 1. The van der Waals surface area contributed by atoms with Gasteiger partial charge in [-0.1, -0.05) is 48.2 Å². The maximum absolute atomic E-state index is 13.3. The van der Waals surface area contributed by atoms with E-state index in [1.165, 1.54) is 23.6 Å². The minimum absolute atomic E-state index is 0.0135. The Morgan fingerprint density at radius 1 is 1.00 bits per heavy atom. The highest BCUT2D eigenvalue weighted by molar-refractivity contribution is 7.99. The van der Waals surface area contributed by atoms with Crippen LogP contribution in [0.1, 0.15) is 22.8 Å². The molecule has 1 amide bonds. The lowest BCUT2D eigenvalue weighted by Crippen LogP contribution is -2.25. The highest BCUT2D eigenvalue weighted by Gasteiger charge is 2.15. The summed E-state index contributed by atoms with van der Waals surface area (Å²) >= 11 is 1.12. The van der Waals surface area contributed by atoms with Gasteiger partial charge < -0.3 is 5.32 Å². The van der Waals surface area contributed by atoms with Crippen LogP contribution in [-0.2, 0) is 11.3 Å². The summed E-state index contributed by atoms with van der Waals surface area (Å²) in [6.07, 6.45) is 0. The van der Waals surface area contributed by atoms with E-state index < -0.39 is 0 Å². The first-order chi connectivity index (χ1) is 15.9. The van der Waals surface area contributed by atoms with Gasteiger partial charge in [0.2, 0.25) is 5.91 Å². The summed E-state index contributed by atoms with van der Waals surface area (Å²) in [4.78, 5) is 42.2. The summed E-state index contributed by atoms with van der Waals surface area (Å²) in [7, 11) is 0. The number of hydrogen-bond donors (Lipinski definition) is 1. The number of benzene rings is 3. The SMILES string of the molecule is CC(=O)c1ccccc1NC(=O)CSc1nc2ccccc2c(=O)n1Cc1ccc(F)cc1. The summed E-state index contributed by atoms with van der Waals surface area (Å²) in [5.74, 6) is -0.854. The number of hydrogen-bond acceptors (Lipinski definition) is 5. The van der Waals surface area contributed by atoms with Crippen LogP contribution >= 0.6 is 11.8 Å². The van der Waals surface area contributed by atoms with Crippen LogP contribution in [0.4, 0.5) is 10.1 Å². The lowest BCUT2D eigenvalue weighted by molar-refractivity contribution is -0.113. The Labute approximate surface area is 193 Å². The molecule has 0 spiro atoms. The molecule has 3 aromatic carbocycles. The fourth-order valence-corrected chi connectivity index (χ4v) is 4.18. The Morgan fingerprint density at radius 3 is 2.45 bits per heavy atom. The van der Waals surface area contributed by atoms with Crippen LogP contribution < -0.4 is 10.9 Å². The minimum Gasteiger partial charge on any atom is -0.325 e. The Balaban J connectivity index is 1.61. The van der Waals surface area contributed by atoms with E-state index in [1.807, 2.05) is 0 Å². The van der Waals surface area contributed by atoms with E-state index >= 15 is 0 Å². The summed E-state index contributed by atoms with van der Waals surface area (Å²) in [6, 6.07) is 19.7. The van der Waals surface area contributed by atoms with Crippen LogP contribution in [-0.4, -0.2) is 27.0 Å². The van der Waals surface area contributed by atoms with Crippen molar-refractivity contribution in [1.29, 1.82) is 0 Å². The highest BCUT2D eigenvalue weighted by Crippen LogP contribution is 2.21. The van der Waals surface area contributed by atoms with Crippen molar-refractivity contribution in [3.05, 3.63) is 100 Å². The molecule has 1 N–H and O–H groups in total. The summed E-state index contributed by atoms with van der Waals surface area (Å²) in [5.41, 5.74) is 1.88. The molecule has 0 fully saturated rings. The Morgan fingerprint density at radius 2 is 1.70 bits per heavy atom. The molecule has 4 aromatic rings. The minimum atomic E-state index is -0.361. The van der Waals surface area contributed by atoms with Gasteiger partial charge in [0.25, 0.3) is 5.56 Å². The number of nitrogens with one attached hydrogen (secondary N) is 1. The third kappa shape index (κ3) is 5.18. The van der Waals surface area contributed by atoms with Gasteiger partial charge >= 0.3 is 0 Å². The molecule has 33 heavy (non-hydrogen) atoms. The van der Waals surface area contributed by atoms with E-state index in [4.69, 9.17) is 0 Å². The second-order valence-corrected chi connectivity index (χ2v) is 8.31. The lowest BCUT2D eigenvalue weighted by atomic mass is 10.1. The van der Waals surface area contributed by atoms with Crippen LogP contribution in [0.25, 0.3) is 10.9 Å². The fourth-order valence-electron chi connectivity index (χ4n) is 3.39. The van der Waals surface area contributed by atoms with Crippen molar-refractivity contribution >= 4 is 40.0 Å². The molecular weight excluding hydrogens is 441 g/mol. The van der Waals surface area contributed by atoms with Crippen LogP contribution in [0.2, 0.25) is 0 Å². The molecule has 1 heterocycles. The normalized spacial score (nSPS) is 10.8. The number of anilines is 1. The number of aromatic nitrogens is 2. The third-order valence-corrected chi connectivity index (χ3v) is 5.97. The number of amides is 1. The molecule has 0 unspecified atom stereocenters. The summed E-state index contributed by atoms with van der Waals surface area (Å²) < 4.78 is 14.8. The van der Waals surface area contributed by atoms with E-state index in [2.05, 4.69) is 10.3 Å². The molecule has 0 atom stereocenters. The number of para-hydroxylation sites is 2.